The molecule has 0 aliphatic carbocycles. The third kappa shape index (κ3) is 5.79. The fourth-order valence-corrected chi connectivity index (χ4v) is 4.15. The minimum atomic E-state index is -1.14. The lowest BCUT2D eigenvalue weighted by molar-refractivity contribution is 0.0921. The van der Waals surface area contributed by atoms with E-state index in [0.29, 0.717) is 23.1 Å². The Morgan fingerprint density at radius 1 is 1.04 bits per heavy atom. The Hall–Kier alpha value is -1.89. The molecule has 1 aromatic heterocycles. The fourth-order valence-electron chi connectivity index (χ4n) is 2.46. The summed E-state index contributed by atoms with van der Waals surface area (Å²) in [6.45, 7) is 0.388. The Labute approximate surface area is 173 Å². The van der Waals surface area contributed by atoms with Crippen molar-refractivity contribution in [2.75, 3.05) is 0 Å². The summed E-state index contributed by atoms with van der Waals surface area (Å²) in [5.74, 6) is 1.08. The van der Waals surface area contributed by atoms with Gasteiger partial charge in [-0.1, -0.05) is 57.9 Å². The first-order valence-corrected chi connectivity index (χ1v) is 10.9. The highest BCUT2D eigenvalue weighted by atomic mass is 79.9. The van der Waals surface area contributed by atoms with Crippen molar-refractivity contribution >= 4 is 44.2 Å². The Balaban J connectivity index is 1.54. The number of rotatable bonds is 7. The number of carbonyl (C=O) groups excluding carboxylic acids is 1. The monoisotopic (exact) mass is 465 g/mol. The van der Waals surface area contributed by atoms with Crippen molar-refractivity contribution in [1.82, 2.24) is 5.32 Å². The third-order valence-corrected chi connectivity index (χ3v) is 6.11. The molecule has 0 saturated heterocycles. The van der Waals surface area contributed by atoms with Crippen LogP contribution >= 0.6 is 27.5 Å². The second kappa shape index (κ2) is 9.35. The molecular formula is C20H17BrClNO3S. The Morgan fingerprint density at radius 3 is 2.52 bits per heavy atom. The van der Waals surface area contributed by atoms with Crippen LogP contribution in [0.15, 0.2) is 69.6 Å². The summed E-state index contributed by atoms with van der Waals surface area (Å²) < 4.78 is 18.8. The number of benzene rings is 2. The highest BCUT2D eigenvalue weighted by Crippen LogP contribution is 2.17. The van der Waals surface area contributed by atoms with Crippen molar-refractivity contribution in [1.29, 1.82) is 0 Å². The first-order valence-electron chi connectivity index (χ1n) is 8.21. The number of furan rings is 1. The minimum Gasteiger partial charge on any atom is -0.455 e. The van der Waals surface area contributed by atoms with Crippen molar-refractivity contribution in [2.45, 2.75) is 18.1 Å². The first-order chi connectivity index (χ1) is 13.0. The average Bonchev–Trinajstić information content (AvgIpc) is 3.11. The molecule has 1 amide bonds. The number of hydrogen-bond acceptors (Lipinski definition) is 3. The molecule has 0 bridgehead atoms. The van der Waals surface area contributed by atoms with Gasteiger partial charge in [0, 0.05) is 32.6 Å². The molecular weight excluding hydrogens is 450 g/mol. The van der Waals surface area contributed by atoms with Crippen molar-refractivity contribution in [3.05, 3.63) is 92.8 Å². The summed E-state index contributed by atoms with van der Waals surface area (Å²) in [5, 5.41) is 3.46. The predicted octanol–water partition coefficient (Wildman–Crippen LogP) is 5.07. The molecule has 3 aromatic rings. The smallest absolute Gasteiger partial charge is 0.287 e. The number of carbonyl (C=O) groups is 1. The molecule has 3 rings (SSSR count). The van der Waals surface area contributed by atoms with Crippen molar-refractivity contribution in [2.24, 2.45) is 0 Å². The van der Waals surface area contributed by atoms with Gasteiger partial charge >= 0.3 is 0 Å². The molecule has 2 aromatic carbocycles. The van der Waals surface area contributed by atoms with Crippen LogP contribution in [-0.4, -0.2) is 10.1 Å². The van der Waals surface area contributed by atoms with Gasteiger partial charge < -0.3 is 9.73 Å². The van der Waals surface area contributed by atoms with Gasteiger partial charge in [-0.15, -0.1) is 0 Å². The van der Waals surface area contributed by atoms with Crippen molar-refractivity contribution in [3.8, 4) is 0 Å². The van der Waals surface area contributed by atoms with Gasteiger partial charge in [0.1, 0.15) is 5.76 Å². The highest BCUT2D eigenvalue weighted by molar-refractivity contribution is 9.10. The molecule has 0 saturated carbocycles. The van der Waals surface area contributed by atoms with E-state index in [-0.39, 0.29) is 17.4 Å². The van der Waals surface area contributed by atoms with Crippen LogP contribution in [-0.2, 0) is 28.9 Å². The molecule has 140 valence electrons. The van der Waals surface area contributed by atoms with E-state index in [4.69, 9.17) is 16.0 Å². The number of halogens is 2. The van der Waals surface area contributed by atoms with Crippen LogP contribution in [0.5, 0.6) is 0 Å². The summed E-state index contributed by atoms with van der Waals surface area (Å²) in [5.41, 5.74) is 1.91. The standard InChI is InChI=1S/C20H17BrClNO3S/c21-18-4-2-1-3-15(18)11-23-20(24)19-10-9-17(26-19)13-27(25)12-14-5-7-16(22)8-6-14/h1-10H,11-13H2,(H,23,24). The number of hydrogen-bond donors (Lipinski definition) is 1. The van der Waals surface area contributed by atoms with Crippen LogP contribution in [0.2, 0.25) is 5.02 Å². The van der Waals surface area contributed by atoms with Crippen LogP contribution in [0.4, 0.5) is 0 Å². The minimum absolute atomic E-state index is 0.209. The lowest BCUT2D eigenvalue weighted by atomic mass is 10.2. The van der Waals surface area contributed by atoms with E-state index < -0.39 is 10.8 Å². The Kier molecular flexibility index (Phi) is 6.88. The number of amides is 1. The lowest BCUT2D eigenvalue weighted by Crippen LogP contribution is -2.22. The highest BCUT2D eigenvalue weighted by Gasteiger charge is 2.13. The molecule has 4 nitrogen and oxygen atoms in total. The van der Waals surface area contributed by atoms with Gasteiger partial charge in [-0.3, -0.25) is 9.00 Å². The fraction of sp³-hybridized carbons (Fsp3) is 0.150. The van der Waals surface area contributed by atoms with E-state index in [0.717, 1.165) is 15.6 Å². The Bertz CT molecular complexity index is 956. The molecule has 0 radical (unpaired) electrons. The maximum Gasteiger partial charge on any atom is 0.287 e. The lowest BCUT2D eigenvalue weighted by Gasteiger charge is -2.05. The molecule has 0 fully saturated rings. The van der Waals surface area contributed by atoms with E-state index in [1.807, 2.05) is 36.4 Å². The van der Waals surface area contributed by atoms with E-state index in [9.17, 15) is 9.00 Å². The normalized spacial score (nSPS) is 11.9. The van der Waals surface area contributed by atoms with Gasteiger partial charge in [-0.25, -0.2) is 0 Å². The van der Waals surface area contributed by atoms with E-state index in [2.05, 4.69) is 21.2 Å². The molecule has 0 aliphatic rings. The topological polar surface area (TPSA) is 59.3 Å². The van der Waals surface area contributed by atoms with E-state index in [1.54, 1.807) is 24.3 Å². The summed E-state index contributed by atoms with van der Waals surface area (Å²) in [4.78, 5) is 12.2. The quantitative estimate of drug-likeness (QED) is 0.528. The zero-order valence-electron chi connectivity index (χ0n) is 14.3. The Morgan fingerprint density at radius 2 is 1.78 bits per heavy atom. The molecule has 1 heterocycles. The first kappa shape index (κ1) is 19.9. The van der Waals surface area contributed by atoms with Gasteiger partial charge in [-0.2, -0.15) is 0 Å². The summed E-state index contributed by atoms with van der Waals surface area (Å²) >= 11 is 9.30. The zero-order chi connectivity index (χ0) is 19.2. The van der Waals surface area contributed by atoms with Crippen molar-refractivity contribution in [3.63, 3.8) is 0 Å². The largest absolute Gasteiger partial charge is 0.455 e. The molecule has 0 spiro atoms. The summed E-state index contributed by atoms with van der Waals surface area (Å²) in [7, 11) is -1.14. The second-order valence-electron chi connectivity index (χ2n) is 5.90. The maximum atomic E-state index is 12.3. The van der Waals surface area contributed by atoms with Gasteiger partial charge in [0.05, 0.1) is 5.75 Å². The molecule has 1 unspecified atom stereocenters. The van der Waals surface area contributed by atoms with Crippen molar-refractivity contribution < 1.29 is 13.4 Å². The second-order valence-corrected chi connectivity index (χ2v) is 8.64. The van der Waals surface area contributed by atoms with Gasteiger partial charge in [0.2, 0.25) is 0 Å². The third-order valence-electron chi connectivity index (χ3n) is 3.83. The van der Waals surface area contributed by atoms with Crippen LogP contribution in [0.1, 0.15) is 27.4 Å². The molecule has 1 atom stereocenters. The predicted molar refractivity (Wildman–Crippen MR) is 111 cm³/mol. The van der Waals surface area contributed by atoms with Gasteiger partial charge in [0.25, 0.3) is 5.91 Å². The van der Waals surface area contributed by atoms with Gasteiger partial charge in [-0.05, 0) is 41.5 Å². The van der Waals surface area contributed by atoms with Gasteiger partial charge in [0.15, 0.2) is 5.76 Å². The average molecular weight is 467 g/mol. The summed E-state index contributed by atoms with van der Waals surface area (Å²) in [6, 6.07) is 18.2. The molecule has 7 heteroatoms. The molecule has 1 N–H and O–H groups in total. The molecule has 27 heavy (non-hydrogen) atoms. The van der Waals surface area contributed by atoms with Crippen LogP contribution in [0.3, 0.4) is 0 Å². The van der Waals surface area contributed by atoms with Crippen LogP contribution in [0, 0.1) is 0 Å². The van der Waals surface area contributed by atoms with Crippen LogP contribution < -0.4 is 5.32 Å². The SMILES string of the molecule is O=C(NCc1ccccc1Br)c1ccc(CS(=O)Cc2ccc(Cl)cc2)o1. The summed E-state index contributed by atoms with van der Waals surface area (Å²) in [6.07, 6.45) is 0. The zero-order valence-corrected chi connectivity index (χ0v) is 17.4. The van der Waals surface area contributed by atoms with E-state index >= 15 is 0 Å². The van der Waals surface area contributed by atoms with E-state index in [1.165, 1.54) is 0 Å². The van der Waals surface area contributed by atoms with Crippen LogP contribution in [0.25, 0.3) is 0 Å². The maximum absolute atomic E-state index is 12.3. The number of nitrogens with one attached hydrogen (secondary N) is 1. The molecule has 0 aliphatic heterocycles.